The van der Waals surface area contributed by atoms with Gasteiger partial charge in [-0.05, 0) is 50.8 Å². The minimum atomic E-state index is -0.236. The topological polar surface area (TPSA) is 76.2 Å². The van der Waals surface area contributed by atoms with Crippen LogP contribution in [0.5, 0.6) is 5.75 Å². The third-order valence-corrected chi connectivity index (χ3v) is 6.11. The first-order chi connectivity index (χ1) is 14.4. The Morgan fingerprint density at radius 1 is 1.07 bits per heavy atom. The number of likely N-dealkylation sites (tertiary alicyclic amines) is 2. The van der Waals surface area contributed by atoms with Gasteiger partial charge in [0.05, 0.1) is 25.2 Å². The average Bonchev–Trinajstić information content (AvgIpc) is 2.78. The van der Waals surface area contributed by atoms with E-state index < -0.39 is 0 Å². The Morgan fingerprint density at radius 2 is 1.80 bits per heavy atom. The largest absolute Gasteiger partial charge is 0.496 e. The maximum absolute atomic E-state index is 13.0. The molecule has 1 aromatic rings. The van der Waals surface area contributed by atoms with Crippen LogP contribution < -0.4 is 4.74 Å². The Hall–Kier alpha value is -2.28. The number of amides is 2. The molecule has 3 rings (SSSR count). The van der Waals surface area contributed by atoms with Crippen molar-refractivity contribution in [2.75, 3.05) is 39.9 Å². The zero-order valence-corrected chi connectivity index (χ0v) is 18.3. The van der Waals surface area contributed by atoms with E-state index in [2.05, 4.69) is 0 Å². The standard InChI is InChI=1S/C22H29ClN2O5/c1-3-30-22(28)16-5-4-10-25(14-16)20(26)15-8-11-24(12-9-15)21(27)18-13-17(23)6-7-19(18)29-2/h6-7,13,15-16H,3-5,8-12,14H2,1-2H3. The monoisotopic (exact) mass is 436 g/mol. The minimum Gasteiger partial charge on any atom is -0.496 e. The highest BCUT2D eigenvalue weighted by Crippen LogP contribution is 2.28. The van der Waals surface area contributed by atoms with Gasteiger partial charge in [-0.15, -0.1) is 0 Å². The predicted octanol–water partition coefficient (Wildman–Crippen LogP) is 3.00. The molecule has 1 aromatic carbocycles. The van der Waals surface area contributed by atoms with Gasteiger partial charge in [-0.3, -0.25) is 14.4 Å². The highest BCUT2D eigenvalue weighted by Gasteiger charge is 2.35. The summed E-state index contributed by atoms with van der Waals surface area (Å²) in [7, 11) is 1.52. The minimum absolute atomic E-state index is 0.0800. The van der Waals surface area contributed by atoms with Crippen molar-refractivity contribution in [3.05, 3.63) is 28.8 Å². The van der Waals surface area contributed by atoms with E-state index in [0.717, 1.165) is 12.8 Å². The van der Waals surface area contributed by atoms with Crippen molar-refractivity contribution < 1.29 is 23.9 Å². The number of esters is 1. The highest BCUT2D eigenvalue weighted by atomic mass is 35.5. The number of carbonyl (C=O) groups is 3. The van der Waals surface area contributed by atoms with Crippen LogP contribution in [0.3, 0.4) is 0 Å². The lowest BCUT2D eigenvalue weighted by Crippen LogP contribution is -2.48. The predicted molar refractivity (Wildman–Crippen MR) is 113 cm³/mol. The van der Waals surface area contributed by atoms with E-state index in [-0.39, 0.29) is 29.6 Å². The van der Waals surface area contributed by atoms with Crippen molar-refractivity contribution in [3.8, 4) is 5.75 Å². The summed E-state index contributed by atoms with van der Waals surface area (Å²) in [6, 6.07) is 4.98. The van der Waals surface area contributed by atoms with Crippen LogP contribution >= 0.6 is 11.6 Å². The van der Waals surface area contributed by atoms with Gasteiger partial charge >= 0.3 is 5.97 Å². The Morgan fingerprint density at radius 3 is 2.47 bits per heavy atom. The molecular weight excluding hydrogens is 408 g/mol. The summed E-state index contributed by atoms with van der Waals surface area (Å²) in [6.45, 7) is 4.25. The first-order valence-electron chi connectivity index (χ1n) is 10.5. The fourth-order valence-electron chi connectivity index (χ4n) is 4.24. The van der Waals surface area contributed by atoms with Gasteiger partial charge in [-0.1, -0.05) is 11.6 Å². The first-order valence-corrected chi connectivity index (χ1v) is 10.9. The van der Waals surface area contributed by atoms with Gasteiger partial charge in [0.25, 0.3) is 5.91 Å². The summed E-state index contributed by atoms with van der Waals surface area (Å²) in [6.07, 6.45) is 2.78. The van der Waals surface area contributed by atoms with E-state index in [1.54, 1.807) is 34.9 Å². The Bertz CT molecular complexity index is 792. The molecule has 2 aliphatic rings. The molecule has 8 heteroatoms. The van der Waals surface area contributed by atoms with Crippen molar-refractivity contribution in [2.45, 2.75) is 32.6 Å². The van der Waals surface area contributed by atoms with Gasteiger partial charge in [0, 0.05) is 37.1 Å². The molecule has 2 saturated heterocycles. The maximum Gasteiger partial charge on any atom is 0.310 e. The van der Waals surface area contributed by atoms with Crippen LogP contribution in [0.2, 0.25) is 5.02 Å². The first kappa shape index (κ1) is 22.4. The van der Waals surface area contributed by atoms with Gasteiger partial charge in [0.2, 0.25) is 5.91 Å². The number of benzene rings is 1. The molecule has 1 atom stereocenters. The van der Waals surface area contributed by atoms with E-state index in [1.807, 2.05) is 0 Å². The van der Waals surface area contributed by atoms with Gasteiger partial charge in [0.15, 0.2) is 0 Å². The van der Waals surface area contributed by atoms with Gasteiger partial charge in [-0.25, -0.2) is 0 Å². The molecule has 2 aliphatic heterocycles. The number of nitrogens with zero attached hydrogens (tertiary/aromatic N) is 2. The SMILES string of the molecule is CCOC(=O)C1CCCN(C(=O)C2CCN(C(=O)c3cc(Cl)ccc3OC)CC2)C1. The number of piperidine rings is 2. The molecule has 0 radical (unpaired) electrons. The second-order valence-corrected chi connectivity index (χ2v) is 8.22. The number of halogens is 1. The van der Waals surface area contributed by atoms with Gasteiger partial charge in [-0.2, -0.15) is 0 Å². The number of methoxy groups -OCH3 is 1. The van der Waals surface area contributed by atoms with Crippen LogP contribution in [0.4, 0.5) is 0 Å². The molecule has 7 nitrogen and oxygen atoms in total. The van der Waals surface area contributed by atoms with E-state index in [1.165, 1.54) is 7.11 Å². The van der Waals surface area contributed by atoms with Crippen molar-refractivity contribution in [2.24, 2.45) is 11.8 Å². The molecule has 2 fully saturated rings. The van der Waals surface area contributed by atoms with Crippen LogP contribution in [-0.2, 0) is 14.3 Å². The number of hydrogen-bond acceptors (Lipinski definition) is 5. The second-order valence-electron chi connectivity index (χ2n) is 7.79. The Labute approximate surface area is 182 Å². The summed E-state index contributed by atoms with van der Waals surface area (Å²) < 4.78 is 10.4. The molecule has 2 heterocycles. The van der Waals surface area contributed by atoms with E-state index in [9.17, 15) is 14.4 Å². The number of hydrogen-bond donors (Lipinski definition) is 0. The smallest absolute Gasteiger partial charge is 0.310 e. The lowest BCUT2D eigenvalue weighted by Gasteiger charge is -2.37. The number of carbonyl (C=O) groups excluding carboxylic acids is 3. The van der Waals surface area contributed by atoms with Crippen LogP contribution in [-0.4, -0.2) is 67.5 Å². The van der Waals surface area contributed by atoms with Crippen LogP contribution in [0.1, 0.15) is 43.0 Å². The zero-order valence-electron chi connectivity index (χ0n) is 17.6. The van der Waals surface area contributed by atoms with E-state index >= 15 is 0 Å². The molecule has 0 aliphatic carbocycles. The fourth-order valence-corrected chi connectivity index (χ4v) is 4.41. The normalized spacial score (nSPS) is 20.0. The van der Waals surface area contributed by atoms with Crippen molar-refractivity contribution in [3.63, 3.8) is 0 Å². The van der Waals surface area contributed by atoms with Crippen LogP contribution in [0, 0.1) is 11.8 Å². The van der Waals surface area contributed by atoms with Crippen LogP contribution in [0.15, 0.2) is 18.2 Å². The van der Waals surface area contributed by atoms with E-state index in [4.69, 9.17) is 21.1 Å². The number of rotatable bonds is 5. The molecule has 0 spiro atoms. The molecule has 0 bridgehead atoms. The van der Waals surface area contributed by atoms with Gasteiger partial charge < -0.3 is 19.3 Å². The van der Waals surface area contributed by atoms with Crippen LogP contribution in [0.25, 0.3) is 0 Å². The maximum atomic E-state index is 13.0. The summed E-state index contributed by atoms with van der Waals surface area (Å²) in [4.78, 5) is 41.5. The quantitative estimate of drug-likeness (QED) is 0.663. The molecule has 1 unspecified atom stereocenters. The second kappa shape index (κ2) is 10.2. The molecular formula is C22H29ClN2O5. The molecule has 0 aromatic heterocycles. The molecule has 30 heavy (non-hydrogen) atoms. The lowest BCUT2D eigenvalue weighted by atomic mass is 9.92. The summed E-state index contributed by atoms with van der Waals surface area (Å²) in [5, 5.41) is 0.477. The third-order valence-electron chi connectivity index (χ3n) is 5.88. The fraction of sp³-hybridized carbons (Fsp3) is 0.591. The third kappa shape index (κ3) is 5.06. The molecule has 0 N–H and O–H groups in total. The molecule has 0 saturated carbocycles. The lowest BCUT2D eigenvalue weighted by molar-refractivity contribution is -0.152. The summed E-state index contributed by atoms with van der Waals surface area (Å²) >= 11 is 6.05. The van der Waals surface area contributed by atoms with E-state index in [0.29, 0.717) is 62.0 Å². The molecule has 2 amide bonds. The van der Waals surface area contributed by atoms with Crippen molar-refractivity contribution in [1.29, 1.82) is 0 Å². The Balaban J connectivity index is 1.57. The molecule has 164 valence electrons. The van der Waals surface area contributed by atoms with Gasteiger partial charge in [0.1, 0.15) is 5.75 Å². The Kier molecular flexibility index (Phi) is 7.58. The average molecular weight is 437 g/mol. The summed E-state index contributed by atoms with van der Waals surface area (Å²) in [5.41, 5.74) is 0.433. The zero-order chi connectivity index (χ0) is 21.7. The van der Waals surface area contributed by atoms with Crippen molar-refractivity contribution in [1.82, 2.24) is 9.80 Å². The number of ether oxygens (including phenoxy) is 2. The highest BCUT2D eigenvalue weighted by molar-refractivity contribution is 6.31. The summed E-state index contributed by atoms with van der Waals surface area (Å²) in [5.74, 6) is -0.153. The van der Waals surface area contributed by atoms with Crippen molar-refractivity contribution >= 4 is 29.4 Å².